The molecule has 2 aliphatic heterocycles. The summed E-state index contributed by atoms with van der Waals surface area (Å²) in [5.41, 5.74) is 2.43. The first-order chi connectivity index (χ1) is 15.6. The third-order valence-electron chi connectivity index (χ3n) is 5.79. The van der Waals surface area contributed by atoms with Crippen molar-refractivity contribution in [1.29, 1.82) is 0 Å². The van der Waals surface area contributed by atoms with Crippen molar-refractivity contribution in [2.45, 2.75) is 19.9 Å². The summed E-state index contributed by atoms with van der Waals surface area (Å²) < 4.78 is 26.2. The van der Waals surface area contributed by atoms with E-state index in [0.29, 0.717) is 42.1 Å². The SMILES string of the molecule is CC(C)N1CCOc2c(F)cc(-c3cnc(Nc4ccc(N5CCNCC5)cn4)o3)cc21. The molecule has 32 heavy (non-hydrogen) atoms. The maximum atomic E-state index is 14.8. The van der Waals surface area contributed by atoms with Gasteiger partial charge in [-0.1, -0.05) is 0 Å². The van der Waals surface area contributed by atoms with E-state index in [0.717, 1.165) is 37.6 Å². The van der Waals surface area contributed by atoms with Gasteiger partial charge in [0.05, 0.1) is 30.3 Å². The number of aromatic nitrogens is 2. The number of benzene rings is 1. The minimum Gasteiger partial charge on any atom is -0.486 e. The maximum absolute atomic E-state index is 14.8. The molecule has 4 heterocycles. The summed E-state index contributed by atoms with van der Waals surface area (Å²) in [4.78, 5) is 13.2. The topological polar surface area (TPSA) is 78.7 Å². The predicted molar refractivity (Wildman–Crippen MR) is 122 cm³/mol. The van der Waals surface area contributed by atoms with Crippen LogP contribution in [0.2, 0.25) is 0 Å². The molecule has 0 atom stereocenters. The Morgan fingerprint density at radius 3 is 2.69 bits per heavy atom. The Morgan fingerprint density at radius 1 is 1.09 bits per heavy atom. The van der Waals surface area contributed by atoms with Crippen molar-refractivity contribution < 1.29 is 13.5 Å². The van der Waals surface area contributed by atoms with Crippen LogP contribution in [-0.2, 0) is 0 Å². The number of hydrogen-bond donors (Lipinski definition) is 2. The standard InChI is InChI=1S/C23H27FN6O2/c1-15(2)30-9-10-31-22-18(24)11-16(12-19(22)30)20-14-27-23(32-20)28-21-4-3-17(13-26-21)29-7-5-25-6-8-29/h3-4,11-15,25H,5-10H2,1-2H3,(H,26,27,28). The van der Waals surface area contributed by atoms with E-state index >= 15 is 0 Å². The molecule has 1 fully saturated rings. The maximum Gasteiger partial charge on any atom is 0.300 e. The molecule has 8 nitrogen and oxygen atoms in total. The van der Waals surface area contributed by atoms with E-state index in [1.165, 1.54) is 6.07 Å². The normalized spacial score (nSPS) is 16.1. The van der Waals surface area contributed by atoms with Crippen LogP contribution < -0.4 is 25.2 Å². The highest BCUT2D eigenvalue weighted by atomic mass is 19.1. The molecular formula is C23H27FN6O2. The molecule has 0 unspecified atom stereocenters. The highest BCUT2D eigenvalue weighted by Crippen LogP contribution is 2.39. The lowest BCUT2D eigenvalue weighted by Crippen LogP contribution is -2.43. The average Bonchev–Trinajstić information content (AvgIpc) is 3.28. The number of piperazine rings is 1. The van der Waals surface area contributed by atoms with Crippen LogP contribution in [0.1, 0.15) is 13.8 Å². The molecule has 9 heteroatoms. The molecule has 168 valence electrons. The van der Waals surface area contributed by atoms with Crippen LogP contribution in [-0.4, -0.2) is 55.3 Å². The fourth-order valence-electron chi connectivity index (χ4n) is 4.13. The van der Waals surface area contributed by atoms with Gasteiger partial charge in [0.25, 0.3) is 0 Å². The molecule has 1 aromatic carbocycles. The number of nitrogens with one attached hydrogen (secondary N) is 2. The Hall–Kier alpha value is -3.33. The summed E-state index contributed by atoms with van der Waals surface area (Å²) in [6, 6.07) is 7.78. The molecule has 0 amide bonds. The van der Waals surface area contributed by atoms with Gasteiger partial charge < -0.3 is 24.3 Å². The first-order valence-corrected chi connectivity index (χ1v) is 11.0. The monoisotopic (exact) mass is 438 g/mol. The summed E-state index contributed by atoms with van der Waals surface area (Å²) in [5, 5.41) is 6.42. The fraction of sp³-hybridized carbons (Fsp3) is 0.391. The second-order valence-corrected chi connectivity index (χ2v) is 8.24. The second kappa shape index (κ2) is 8.66. The minimum absolute atomic E-state index is 0.231. The Kier molecular flexibility index (Phi) is 5.57. The first-order valence-electron chi connectivity index (χ1n) is 11.0. The van der Waals surface area contributed by atoms with Gasteiger partial charge in [-0.15, -0.1) is 0 Å². The quantitative estimate of drug-likeness (QED) is 0.625. The van der Waals surface area contributed by atoms with Gasteiger partial charge in [-0.05, 0) is 38.1 Å². The summed E-state index contributed by atoms with van der Waals surface area (Å²) >= 11 is 0. The van der Waals surface area contributed by atoms with Crippen molar-refractivity contribution in [3.8, 4) is 17.1 Å². The number of anilines is 4. The number of fused-ring (bicyclic) bond motifs is 1. The highest BCUT2D eigenvalue weighted by Gasteiger charge is 2.25. The Bertz CT molecular complexity index is 1080. The lowest BCUT2D eigenvalue weighted by atomic mass is 10.1. The van der Waals surface area contributed by atoms with Gasteiger partial charge in [0.2, 0.25) is 0 Å². The van der Waals surface area contributed by atoms with Crippen LogP contribution in [0.15, 0.2) is 41.1 Å². The zero-order valence-electron chi connectivity index (χ0n) is 18.3. The van der Waals surface area contributed by atoms with Crippen LogP contribution in [0, 0.1) is 5.82 Å². The van der Waals surface area contributed by atoms with Gasteiger partial charge in [-0.2, -0.15) is 0 Å². The zero-order valence-corrected chi connectivity index (χ0v) is 18.3. The number of ether oxygens (including phenoxy) is 1. The van der Waals surface area contributed by atoms with Crippen LogP contribution in [0.3, 0.4) is 0 Å². The first kappa shape index (κ1) is 20.6. The molecule has 0 spiro atoms. The van der Waals surface area contributed by atoms with Crippen molar-refractivity contribution in [1.82, 2.24) is 15.3 Å². The molecule has 0 aliphatic carbocycles. The third kappa shape index (κ3) is 4.08. The molecule has 3 aromatic rings. The van der Waals surface area contributed by atoms with E-state index in [2.05, 4.69) is 44.2 Å². The number of rotatable bonds is 5. The molecule has 2 N–H and O–H groups in total. The van der Waals surface area contributed by atoms with Crippen molar-refractivity contribution in [2.24, 2.45) is 0 Å². The fourth-order valence-corrected chi connectivity index (χ4v) is 4.13. The predicted octanol–water partition coefficient (Wildman–Crippen LogP) is 3.64. The molecule has 1 saturated heterocycles. The van der Waals surface area contributed by atoms with Crippen molar-refractivity contribution >= 4 is 23.2 Å². The smallest absolute Gasteiger partial charge is 0.300 e. The van der Waals surface area contributed by atoms with Gasteiger partial charge in [0.15, 0.2) is 17.3 Å². The number of pyridine rings is 1. The van der Waals surface area contributed by atoms with E-state index < -0.39 is 5.82 Å². The zero-order chi connectivity index (χ0) is 22.1. The lowest BCUT2D eigenvalue weighted by Gasteiger charge is -2.34. The number of oxazole rings is 1. The molecule has 2 aliphatic rings. The highest BCUT2D eigenvalue weighted by molar-refractivity contribution is 5.71. The molecule has 5 rings (SSSR count). The van der Waals surface area contributed by atoms with E-state index in [-0.39, 0.29) is 6.04 Å². The van der Waals surface area contributed by atoms with Gasteiger partial charge in [-0.3, -0.25) is 5.32 Å². The molecule has 0 saturated carbocycles. The van der Waals surface area contributed by atoms with E-state index in [4.69, 9.17) is 9.15 Å². The largest absolute Gasteiger partial charge is 0.486 e. The number of hydrogen-bond acceptors (Lipinski definition) is 8. The van der Waals surface area contributed by atoms with Crippen molar-refractivity contribution in [3.05, 3.63) is 42.5 Å². The van der Waals surface area contributed by atoms with Crippen LogP contribution >= 0.6 is 0 Å². The summed E-state index contributed by atoms with van der Waals surface area (Å²) in [5.74, 6) is 0.994. The molecular weight excluding hydrogens is 411 g/mol. The molecule has 0 bridgehead atoms. The summed E-state index contributed by atoms with van der Waals surface area (Å²) in [7, 11) is 0. The summed E-state index contributed by atoms with van der Waals surface area (Å²) in [6.07, 6.45) is 3.43. The van der Waals surface area contributed by atoms with Crippen LogP contribution in [0.4, 0.5) is 27.6 Å². The van der Waals surface area contributed by atoms with Gasteiger partial charge >= 0.3 is 6.01 Å². The Labute approximate surface area is 186 Å². The Morgan fingerprint density at radius 2 is 1.94 bits per heavy atom. The minimum atomic E-state index is -0.404. The van der Waals surface area contributed by atoms with E-state index in [9.17, 15) is 4.39 Å². The van der Waals surface area contributed by atoms with E-state index in [1.807, 2.05) is 24.4 Å². The Balaban J connectivity index is 1.34. The van der Waals surface area contributed by atoms with Crippen LogP contribution in [0.25, 0.3) is 11.3 Å². The number of halogens is 1. The molecule has 2 aromatic heterocycles. The molecule has 0 radical (unpaired) electrons. The lowest BCUT2D eigenvalue weighted by molar-refractivity contribution is 0.287. The average molecular weight is 439 g/mol. The summed E-state index contributed by atoms with van der Waals surface area (Å²) in [6.45, 7) is 9.23. The third-order valence-corrected chi connectivity index (χ3v) is 5.79. The van der Waals surface area contributed by atoms with Gasteiger partial charge in [0, 0.05) is 37.8 Å². The van der Waals surface area contributed by atoms with Gasteiger partial charge in [-0.25, -0.2) is 14.4 Å². The van der Waals surface area contributed by atoms with E-state index in [1.54, 1.807) is 6.20 Å². The second-order valence-electron chi connectivity index (χ2n) is 8.24. The number of nitrogens with zero attached hydrogens (tertiary/aromatic N) is 4. The van der Waals surface area contributed by atoms with Crippen molar-refractivity contribution in [3.63, 3.8) is 0 Å². The van der Waals surface area contributed by atoms with Crippen LogP contribution in [0.5, 0.6) is 5.75 Å². The van der Waals surface area contributed by atoms with Gasteiger partial charge in [0.1, 0.15) is 12.4 Å². The van der Waals surface area contributed by atoms with Crippen molar-refractivity contribution in [2.75, 3.05) is 54.4 Å².